The molecule has 35 heavy (non-hydrogen) atoms. The van der Waals surface area contributed by atoms with E-state index in [0.717, 1.165) is 24.4 Å². The molecule has 3 heterocycles. The van der Waals surface area contributed by atoms with E-state index in [1.807, 2.05) is 0 Å². The first-order valence-electron chi connectivity index (χ1n) is 13.2. The van der Waals surface area contributed by atoms with E-state index in [1.54, 1.807) is 23.9 Å². The first-order chi connectivity index (χ1) is 17.0. The fourth-order valence-electron chi connectivity index (χ4n) is 6.36. The minimum absolute atomic E-state index is 0.950. The van der Waals surface area contributed by atoms with Crippen LogP contribution in [0.3, 0.4) is 0 Å². The number of benzene rings is 3. The molecule has 0 spiro atoms. The summed E-state index contributed by atoms with van der Waals surface area (Å²) >= 11 is 0. The maximum Gasteiger partial charge on any atom is 0.124 e. The topological polar surface area (TPSA) is 19.0 Å². The number of ether oxygens (including phenoxy) is 1. The van der Waals surface area contributed by atoms with E-state index in [9.17, 15) is 0 Å². The predicted molar refractivity (Wildman–Crippen MR) is 148 cm³/mol. The summed E-state index contributed by atoms with van der Waals surface area (Å²) in [5.74, 6) is 0.950. The van der Waals surface area contributed by atoms with Crippen molar-refractivity contribution in [3.8, 4) is 5.75 Å². The minimum Gasteiger partial charge on any atom is -0.496 e. The number of fused-ring (bicyclic) bond motifs is 1. The van der Waals surface area contributed by atoms with Gasteiger partial charge in [-0.15, -0.1) is 0 Å². The Morgan fingerprint density at radius 2 is 1.46 bits per heavy atom. The molecule has 0 bridgehead atoms. The highest BCUT2D eigenvalue weighted by atomic mass is 16.5. The first-order valence-corrected chi connectivity index (χ1v) is 13.2. The Hall–Kier alpha value is -3.14. The lowest BCUT2D eigenvalue weighted by molar-refractivity contribution is 0.411. The van der Waals surface area contributed by atoms with Crippen molar-refractivity contribution in [3.05, 3.63) is 70.3 Å². The summed E-state index contributed by atoms with van der Waals surface area (Å²) in [4.78, 5) is 7.49. The highest BCUT2D eigenvalue weighted by molar-refractivity contribution is 5.77. The van der Waals surface area contributed by atoms with Crippen LogP contribution in [0.4, 0.5) is 28.4 Å². The molecule has 0 atom stereocenters. The van der Waals surface area contributed by atoms with E-state index in [0.29, 0.717) is 0 Å². The predicted octanol–water partition coefficient (Wildman–Crippen LogP) is 6.86. The molecule has 0 amide bonds. The van der Waals surface area contributed by atoms with E-state index in [4.69, 9.17) is 4.74 Å². The van der Waals surface area contributed by atoms with Crippen molar-refractivity contribution in [2.45, 2.75) is 52.4 Å². The molecule has 3 aliphatic rings. The number of anilines is 5. The van der Waals surface area contributed by atoms with Gasteiger partial charge in [0.15, 0.2) is 0 Å². The van der Waals surface area contributed by atoms with Crippen LogP contribution in [-0.4, -0.2) is 33.8 Å². The maximum absolute atomic E-state index is 5.64. The van der Waals surface area contributed by atoms with Crippen LogP contribution in [0, 0.1) is 13.8 Å². The van der Waals surface area contributed by atoms with Gasteiger partial charge in [0, 0.05) is 61.2 Å². The van der Waals surface area contributed by atoms with Gasteiger partial charge in [0.05, 0.1) is 7.11 Å². The normalized spacial score (nSPS) is 16.6. The molecule has 3 aromatic carbocycles. The molecular weight excluding hydrogens is 430 g/mol. The second-order valence-electron chi connectivity index (χ2n) is 10.5. The van der Waals surface area contributed by atoms with Gasteiger partial charge in [0.25, 0.3) is 0 Å². The largest absolute Gasteiger partial charge is 0.496 e. The van der Waals surface area contributed by atoms with Crippen molar-refractivity contribution in [1.82, 2.24) is 0 Å². The zero-order valence-electron chi connectivity index (χ0n) is 21.7. The van der Waals surface area contributed by atoms with Crippen molar-refractivity contribution in [2.24, 2.45) is 0 Å². The molecule has 182 valence electrons. The summed E-state index contributed by atoms with van der Waals surface area (Å²) in [7, 11) is 3.91. The van der Waals surface area contributed by atoms with Crippen molar-refractivity contribution >= 4 is 28.4 Å². The summed E-state index contributed by atoms with van der Waals surface area (Å²) in [5.41, 5.74) is 13.8. The summed E-state index contributed by atoms with van der Waals surface area (Å²) in [5, 5.41) is 0. The molecule has 4 nitrogen and oxygen atoms in total. The van der Waals surface area contributed by atoms with Gasteiger partial charge in [-0.3, -0.25) is 0 Å². The van der Waals surface area contributed by atoms with Crippen LogP contribution in [-0.2, 0) is 19.3 Å². The second kappa shape index (κ2) is 8.82. The number of rotatable bonds is 4. The third-order valence-electron chi connectivity index (χ3n) is 8.41. The number of hydrogen-bond acceptors (Lipinski definition) is 4. The zero-order valence-corrected chi connectivity index (χ0v) is 21.7. The Labute approximate surface area is 210 Å². The van der Waals surface area contributed by atoms with E-state index in [-0.39, 0.29) is 0 Å². The third kappa shape index (κ3) is 3.84. The summed E-state index contributed by atoms with van der Waals surface area (Å²) in [6.07, 6.45) is 7.33. The average Bonchev–Trinajstić information content (AvgIpc) is 2.89. The number of hydrogen-bond donors (Lipinski definition) is 0. The molecular formula is C31H37N3O. The lowest BCUT2D eigenvalue weighted by Gasteiger charge is -2.39. The first kappa shape index (κ1) is 22.3. The molecule has 0 unspecified atom stereocenters. The number of aryl methyl sites for hydroxylation is 4. The van der Waals surface area contributed by atoms with E-state index in [2.05, 4.69) is 78.1 Å². The maximum atomic E-state index is 5.64. The monoisotopic (exact) mass is 467 g/mol. The van der Waals surface area contributed by atoms with Crippen LogP contribution >= 0.6 is 0 Å². The van der Waals surface area contributed by atoms with E-state index < -0.39 is 0 Å². The van der Waals surface area contributed by atoms with Gasteiger partial charge < -0.3 is 19.4 Å². The Kier molecular flexibility index (Phi) is 5.63. The van der Waals surface area contributed by atoms with Gasteiger partial charge in [-0.1, -0.05) is 0 Å². The fraction of sp³-hybridized carbons (Fsp3) is 0.419. The van der Waals surface area contributed by atoms with Gasteiger partial charge >= 0.3 is 0 Å². The zero-order chi connectivity index (χ0) is 24.1. The second-order valence-corrected chi connectivity index (χ2v) is 10.5. The molecule has 6 rings (SSSR count). The molecule has 0 aromatic heterocycles. The van der Waals surface area contributed by atoms with Gasteiger partial charge in [0.1, 0.15) is 5.75 Å². The van der Waals surface area contributed by atoms with Crippen LogP contribution in [0.1, 0.15) is 47.1 Å². The summed E-state index contributed by atoms with van der Waals surface area (Å²) in [6.45, 7) is 7.84. The van der Waals surface area contributed by atoms with Crippen molar-refractivity contribution in [1.29, 1.82) is 0 Å². The fourth-order valence-corrected chi connectivity index (χ4v) is 6.36. The van der Waals surface area contributed by atoms with Crippen molar-refractivity contribution < 1.29 is 4.74 Å². The van der Waals surface area contributed by atoms with Crippen molar-refractivity contribution in [2.75, 3.05) is 48.5 Å². The molecule has 0 fully saturated rings. The third-order valence-corrected chi connectivity index (χ3v) is 8.41. The number of methoxy groups -OCH3 is 1. The molecule has 3 aliphatic heterocycles. The van der Waals surface area contributed by atoms with Gasteiger partial charge in [-0.2, -0.15) is 0 Å². The van der Waals surface area contributed by atoms with Crippen molar-refractivity contribution in [3.63, 3.8) is 0 Å². The molecule has 4 heteroatoms. The Bertz CT molecular complexity index is 1250. The van der Waals surface area contributed by atoms with Crippen LogP contribution in [0.5, 0.6) is 5.75 Å². The van der Waals surface area contributed by atoms with Gasteiger partial charge in [0.2, 0.25) is 0 Å². The van der Waals surface area contributed by atoms with Crippen LogP contribution < -0.4 is 19.4 Å². The minimum atomic E-state index is 0.950. The lowest BCUT2D eigenvalue weighted by Crippen LogP contribution is -2.35. The van der Waals surface area contributed by atoms with Crippen LogP contribution in [0.15, 0.2) is 42.5 Å². The van der Waals surface area contributed by atoms with E-state index >= 15 is 0 Å². The highest BCUT2D eigenvalue weighted by Gasteiger charge is 2.27. The standard InChI is InChI=1S/C31H37N3O/c1-21-16-27(20-30(35-4)22(21)2)32(3)26-11-12-29-23(17-26)8-7-15-34(29)28-18-24-9-5-13-33-14-6-10-25(19-28)31(24)33/h11-12,16-20H,5-10,13-15H2,1-4H3. The van der Waals surface area contributed by atoms with Gasteiger partial charge in [-0.25, -0.2) is 0 Å². The molecule has 0 saturated carbocycles. The van der Waals surface area contributed by atoms with E-state index in [1.165, 1.54) is 78.9 Å². The summed E-state index contributed by atoms with van der Waals surface area (Å²) in [6, 6.07) is 16.4. The lowest BCUT2D eigenvalue weighted by atomic mass is 9.90. The molecule has 0 saturated heterocycles. The van der Waals surface area contributed by atoms with Crippen LogP contribution in [0.25, 0.3) is 0 Å². The molecule has 3 aromatic rings. The summed E-state index contributed by atoms with van der Waals surface area (Å²) < 4.78 is 5.64. The van der Waals surface area contributed by atoms with Crippen LogP contribution in [0.2, 0.25) is 0 Å². The Morgan fingerprint density at radius 3 is 2.17 bits per heavy atom. The SMILES string of the molecule is COc1cc(N(C)c2ccc3c(c2)CCCN3c2cc3c4c(c2)CCCN4CCC3)cc(C)c1C. The highest BCUT2D eigenvalue weighted by Crippen LogP contribution is 2.42. The molecule has 0 aliphatic carbocycles. The Morgan fingerprint density at radius 1 is 0.771 bits per heavy atom. The number of nitrogens with zero attached hydrogens (tertiary/aromatic N) is 3. The quantitative estimate of drug-likeness (QED) is 0.417. The van der Waals surface area contributed by atoms with Gasteiger partial charge in [-0.05, 0) is 117 Å². The average molecular weight is 468 g/mol. The molecule has 0 radical (unpaired) electrons. The smallest absolute Gasteiger partial charge is 0.124 e. The molecule has 0 N–H and O–H groups in total. The Balaban J connectivity index is 1.34.